The number of rotatable bonds is 6. The Bertz CT molecular complexity index is 448. The number of nitrogens with two attached hydrogens (primary N) is 1. The normalized spacial score (nSPS) is 14.2. The molecule has 1 aliphatic rings. The van der Waals surface area contributed by atoms with Crippen molar-refractivity contribution in [3.63, 3.8) is 0 Å². The summed E-state index contributed by atoms with van der Waals surface area (Å²) in [6, 6.07) is 5.67. The molecule has 0 saturated heterocycles. The number of fused-ring (bicyclic) bond motifs is 1. The van der Waals surface area contributed by atoms with Crippen molar-refractivity contribution in [2.45, 2.75) is 26.3 Å². The number of para-hydroxylation sites is 1. The standard InChI is InChI=1S/C14H20N2O3/c1-2-4-10(7-15)14(17)16-8-11-5-3-6-12-13(11)19-9-18-12/h3,5-6,10H,2,4,7-9,15H2,1H3,(H,16,17). The Hall–Kier alpha value is -1.75. The van der Waals surface area contributed by atoms with Gasteiger partial charge in [0.05, 0.1) is 5.92 Å². The summed E-state index contributed by atoms with van der Waals surface area (Å²) in [5.74, 6) is 1.35. The zero-order valence-corrected chi connectivity index (χ0v) is 11.1. The van der Waals surface area contributed by atoms with E-state index in [2.05, 4.69) is 5.32 Å². The maximum atomic E-state index is 12.0. The Morgan fingerprint density at radius 1 is 1.47 bits per heavy atom. The number of hydrogen-bond acceptors (Lipinski definition) is 4. The minimum Gasteiger partial charge on any atom is -0.454 e. The van der Waals surface area contributed by atoms with Gasteiger partial charge >= 0.3 is 0 Å². The van der Waals surface area contributed by atoms with Gasteiger partial charge in [0.2, 0.25) is 12.7 Å². The molecule has 104 valence electrons. The van der Waals surface area contributed by atoms with E-state index < -0.39 is 0 Å². The minimum absolute atomic E-state index is 0.000804. The van der Waals surface area contributed by atoms with Crippen molar-refractivity contribution in [2.75, 3.05) is 13.3 Å². The highest BCUT2D eigenvalue weighted by molar-refractivity contribution is 5.78. The van der Waals surface area contributed by atoms with Gasteiger partial charge in [0, 0.05) is 18.7 Å². The highest BCUT2D eigenvalue weighted by atomic mass is 16.7. The van der Waals surface area contributed by atoms with Crippen molar-refractivity contribution in [3.8, 4) is 11.5 Å². The smallest absolute Gasteiger partial charge is 0.231 e. The summed E-state index contributed by atoms with van der Waals surface area (Å²) in [4.78, 5) is 12.0. The van der Waals surface area contributed by atoms with Crippen molar-refractivity contribution in [2.24, 2.45) is 11.7 Å². The molecule has 1 aromatic carbocycles. The summed E-state index contributed by atoms with van der Waals surface area (Å²) in [6.07, 6.45) is 1.77. The summed E-state index contributed by atoms with van der Waals surface area (Å²) >= 11 is 0. The lowest BCUT2D eigenvalue weighted by molar-refractivity contribution is -0.125. The molecular formula is C14H20N2O3. The van der Waals surface area contributed by atoms with Crippen LogP contribution in [0.5, 0.6) is 11.5 Å². The van der Waals surface area contributed by atoms with Gasteiger partial charge in [-0.3, -0.25) is 4.79 Å². The highest BCUT2D eigenvalue weighted by Gasteiger charge is 2.19. The molecule has 5 heteroatoms. The van der Waals surface area contributed by atoms with Crippen LogP contribution in [0.2, 0.25) is 0 Å². The van der Waals surface area contributed by atoms with E-state index in [9.17, 15) is 4.79 Å². The number of amides is 1. The van der Waals surface area contributed by atoms with Crippen molar-refractivity contribution < 1.29 is 14.3 Å². The lowest BCUT2D eigenvalue weighted by atomic mass is 10.0. The van der Waals surface area contributed by atoms with Gasteiger partial charge in [0.1, 0.15) is 0 Å². The van der Waals surface area contributed by atoms with Gasteiger partial charge in [0.25, 0.3) is 0 Å². The van der Waals surface area contributed by atoms with Gasteiger partial charge in [-0.1, -0.05) is 25.5 Å². The molecule has 5 nitrogen and oxygen atoms in total. The third kappa shape index (κ3) is 3.17. The Balaban J connectivity index is 1.95. The monoisotopic (exact) mass is 264 g/mol. The van der Waals surface area contributed by atoms with E-state index in [0.29, 0.717) is 13.1 Å². The molecule has 3 N–H and O–H groups in total. The Morgan fingerprint density at radius 2 is 2.32 bits per heavy atom. The average Bonchev–Trinajstić information content (AvgIpc) is 2.91. The number of benzene rings is 1. The molecule has 1 heterocycles. The molecule has 2 rings (SSSR count). The SMILES string of the molecule is CCCC(CN)C(=O)NCc1cccc2c1OCO2. The Morgan fingerprint density at radius 3 is 3.05 bits per heavy atom. The number of hydrogen-bond donors (Lipinski definition) is 2. The van der Waals surface area contributed by atoms with Gasteiger partial charge in [-0.15, -0.1) is 0 Å². The number of carbonyl (C=O) groups excluding carboxylic acids is 1. The third-order valence-corrected chi connectivity index (χ3v) is 3.22. The van der Waals surface area contributed by atoms with Crippen LogP contribution in [0.25, 0.3) is 0 Å². The summed E-state index contributed by atoms with van der Waals surface area (Å²) in [5.41, 5.74) is 6.54. The zero-order valence-electron chi connectivity index (χ0n) is 11.1. The molecule has 1 unspecified atom stereocenters. The first-order valence-corrected chi connectivity index (χ1v) is 6.61. The van der Waals surface area contributed by atoms with Crippen molar-refractivity contribution in [3.05, 3.63) is 23.8 Å². The number of nitrogens with one attached hydrogen (secondary N) is 1. The van der Waals surface area contributed by atoms with E-state index in [-0.39, 0.29) is 18.6 Å². The highest BCUT2D eigenvalue weighted by Crippen LogP contribution is 2.35. The van der Waals surface area contributed by atoms with Crippen LogP contribution < -0.4 is 20.5 Å². The molecule has 0 spiro atoms. The van der Waals surface area contributed by atoms with Crippen molar-refractivity contribution >= 4 is 5.91 Å². The second kappa shape index (κ2) is 6.43. The zero-order chi connectivity index (χ0) is 13.7. The topological polar surface area (TPSA) is 73.6 Å². The summed E-state index contributed by atoms with van der Waals surface area (Å²) < 4.78 is 10.7. The van der Waals surface area contributed by atoms with Gasteiger partial charge in [-0.05, 0) is 12.5 Å². The van der Waals surface area contributed by atoms with Crippen molar-refractivity contribution in [1.29, 1.82) is 0 Å². The van der Waals surface area contributed by atoms with Gasteiger partial charge < -0.3 is 20.5 Å². The predicted molar refractivity (Wildman–Crippen MR) is 71.9 cm³/mol. The van der Waals surface area contributed by atoms with E-state index >= 15 is 0 Å². The third-order valence-electron chi connectivity index (χ3n) is 3.22. The maximum Gasteiger partial charge on any atom is 0.231 e. The van der Waals surface area contributed by atoms with E-state index in [1.807, 2.05) is 25.1 Å². The lowest BCUT2D eigenvalue weighted by Crippen LogP contribution is -2.34. The molecule has 1 aliphatic heterocycles. The second-order valence-electron chi connectivity index (χ2n) is 4.59. The second-order valence-corrected chi connectivity index (χ2v) is 4.59. The van der Waals surface area contributed by atoms with Gasteiger partial charge in [-0.25, -0.2) is 0 Å². The molecule has 1 amide bonds. The van der Waals surface area contributed by atoms with Crippen LogP contribution in [0, 0.1) is 5.92 Å². The molecule has 19 heavy (non-hydrogen) atoms. The lowest BCUT2D eigenvalue weighted by Gasteiger charge is -2.14. The van der Waals surface area contributed by atoms with Gasteiger partial charge in [0.15, 0.2) is 11.5 Å². The Labute approximate surface area is 113 Å². The van der Waals surface area contributed by atoms with E-state index in [0.717, 1.165) is 29.9 Å². The van der Waals surface area contributed by atoms with Crippen LogP contribution >= 0.6 is 0 Å². The molecule has 0 aromatic heterocycles. The summed E-state index contributed by atoms with van der Waals surface area (Å²) in [6.45, 7) is 3.10. The molecule has 0 radical (unpaired) electrons. The fourth-order valence-electron chi connectivity index (χ4n) is 2.16. The quantitative estimate of drug-likeness (QED) is 0.814. The maximum absolute atomic E-state index is 12.0. The first-order chi connectivity index (χ1) is 9.26. The minimum atomic E-state index is -0.112. The van der Waals surface area contributed by atoms with Crippen LogP contribution in [-0.4, -0.2) is 19.2 Å². The largest absolute Gasteiger partial charge is 0.454 e. The molecule has 1 aromatic rings. The summed E-state index contributed by atoms with van der Waals surface area (Å²) in [7, 11) is 0. The van der Waals surface area contributed by atoms with Crippen LogP contribution in [0.4, 0.5) is 0 Å². The number of carbonyl (C=O) groups is 1. The first kappa shape index (κ1) is 13.7. The average molecular weight is 264 g/mol. The van der Waals surface area contributed by atoms with Crippen LogP contribution in [0.3, 0.4) is 0 Å². The van der Waals surface area contributed by atoms with E-state index in [1.54, 1.807) is 0 Å². The fourth-order valence-corrected chi connectivity index (χ4v) is 2.16. The predicted octanol–water partition coefficient (Wildman–Crippen LogP) is 1.41. The fraction of sp³-hybridized carbons (Fsp3) is 0.500. The van der Waals surface area contributed by atoms with Gasteiger partial charge in [-0.2, -0.15) is 0 Å². The summed E-state index contributed by atoms with van der Waals surface area (Å²) in [5, 5.41) is 2.91. The van der Waals surface area contributed by atoms with Crippen molar-refractivity contribution in [1.82, 2.24) is 5.32 Å². The Kier molecular flexibility index (Phi) is 4.63. The van der Waals surface area contributed by atoms with Crippen LogP contribution in [0.1, 0.15) is 25.3 Å². The molecule has 0 bridgehead atoms. The number of ether oxygens (including phenoxy) is 2. The molecule has 0 saturated carbocycles. The molecule has 0 fully saturated rings. The van der Waals surface area contributed by atoms with Crippen LogP contribution in [-0.2, 0) is 11.3 Å². The first-order valence-electron chi connectivity index (χ1n) is 6.61. The molecule has 1 atom stereocenters. The van der Waals surface area contributed by atoms with E-state index in [4.69, 9.17) is 15.2 Å². The molecule has 0 aliphatic carbocycles. The van der Waals surface area contributed by atoms with Crippen LogP contribution in [0.15, 0.2) is 18.2 Å². The molecular weight excluding hydrogens is 244 g/mol. The van der Waals surface area contributed by atoms with E-state index in [1.165, 1.54) is 0 Å².